The molecule has 0 aliphatic carbocycles. The normalized spacial score (nSPS) is 19.7. The lowest BCUT2D eigenvalue weighted by Crippen LogP contribution is -2.50. The van der Waals surface area contributed by atoms with Crippen molar-refractivity contribution >= 4 is 24.2 Å². The number of benzene rings is 2. The Bertz CT molecular complexity index is 2450. The number of nitrogens with zero attached hydrogens (tertiary/aromatic N) is 5. The molecule has 2 aromatic carbocycles. The number of rotatable bonds is 6. The van der Waals surface area contributed by atoms with Gasteiger partial charge in [0.15, 0.2) is 0 Å². The fourth-order valence-corrected chi connectivity index (χ4v) is 11.0. The molecule has 6 aliphatic rings. The number of carboxylic acids is 1. The van der Waals surface area contributed by atoms with Crippen LogP contribution >= 0.6 is 0 Å². The number of alkyl halides is 15. The Morgan fingerprint density at radius 2 is 0.938 bits per heavy atom. The van der Waals surface area contributed by atoms with Gasteiger partial charge in [0.05, 0.1) is 0 Å². The van der Waals surface area contributed by atoms with Gasteiger partial charge in [0.1, 0.15) is 5.60 Å². The van der Waals surface area contributed by atoms with E-state index in [2.05, 4.69) is 48.9 Å². The molecular formula is C52H67F15N6O8. The molecule has 2 aromatic rings. The minimum absolute atomic E-state index is 0. The van der Waals surface area contributed by atoms with E-state index in [0.29, 0.717) is 51.9 Å². The van der Waals surface area contributed by atoms with E-state index in [1.165, 1.54) is 22.3 Å². The summed E-state index contributed by atoms with van der Waals surface area (Å²) >= 11 is 0. The van der Waals surface area contributed by atoms with Crippen LogP contribution in [0.1, 0.15) is 100 Å². The van der Waals surface area contributed by atoms with Gasteiger partial charge in [-0.05, 0) is 136 Å². The van der Waals surface area contributed by atoms with Crippen molar-refractivity contribution in [3.05, 3.63) is 69.8 Å². The Balaban J connectivity index is 0.000000266. The smallest absolute Gasteiger partial charge is 0.475 e. The summed E-state index contributed by atoms with van der Waals surface area (Å²) in [7, 11) is 0. The van der Waals surface area contributed by atoms with Gasteiger partial charge in [0, 0.05) is 72.0 Å². The summed E-state index contributed by atoms with van der Waals surface area (Å²) in [5, 5.41) is 10.5. The number of aliphatic carboxylic acids is 1. The highest BCUT2D eigenvalue weighted by Crippen LogP contribution is 2.44. The topological polar surface area (TPSA) is 144 Å². The Morgan fingerprint density at radius 3 is 1.32 bits per heavy atom. The van der Waals surface area contributed by atoms with E-state index in [9.17, 15) is 80.2 Å². The zero-order valence-electron chi connectivity index (χ0n) is 43.9. The summed E-state index contributed by atoms with van der Waals surface area (Å²) < 4.78 is 198. The van der Waals surface area contributed by atoms with E-state index in [-0.39, 0.29) is 50.5 Å². The summed E-state index contributed by atoms with van der Waals surface area (Å²) in [5.74, 6) is -2.76. The average Bonchev–Trinajstić information content (AvgIpc) is 3.93. The molecule has 81 heavy (non-hydrogen) atoms. The second-order valence-electron chi connectivity index (χ2n) is 22.1. The number of fused-ring (bicyclic) bond motifs is 2. The summed E-state index contributed by atoms with van der Waals surface area (Å²) in [5.41, 5.74) is 6.52. The lowest BCUT2D eigenvalue weighted by molar-refractivity contribution is -0.309. The second-order valence-corrected chi connectivity index (χ2v) is 22.1. The largest absolute Gasteiger partial charge is 0.490 e. The molecule has 0 unspecified atom stereocenters. The molecule has 2 spiro atoms. The van der Waals surface area contributed by atoms with Gasteiger partial charge in [-0.3, -0.25) is 9.80 Å². The van der Waals surface area contributed by atoms with Crippen LogP contribution in [0.4, 0.5) is 80.2 Å². The van der Waals surface area contributed by atoms with E-state index in [0.717, 1.165) is 85.9 Å². The summed E-state index contributed by atoms with van der Waals surface area (Å²) in [6.07, 6.45) is -34.4. The standard InChI is InChI=1S/C27H35F6N3O4.C22H27F6N3O2.C2HF3O2.CH4/c1-24(2,3)40-23(38)36-11-7-18-5-4-6-19(20(18)16-36)15-34-12-8-25(17-34)9-13-35(14-10-25)22(37)39-21(26(28,29)30)27(31,32)33;23-21(24,25)18(22(26,27)28)33-19(32)31-10-6-20(7-11-31)5-9-30(14-20)13-16-3-1-2-15-4-8-29-12-17(15)16;3-2(4,5)1(6)7;/h4-6,21H,7-17H2,1-3H3;1-3,18,29H,4-14H2;(H,6,7);1H4. The van der Waals surface area contributed by atoms with Crippen LogP contribution in [0.2, 0.25) is 0 Å². The van der Waals surface area contributed by atoms with Crippen LogP contribution in [-0.4, -0.2) is 168 Å². The molecule has 0 bridgehead atoms. The molecule has 29 heteroatoms. The molecule has 2 N–H and O–H groups in total. The number of hydrogen-bond donors (Lipinski definition) is 2. The van der Waals surface area contributed by atoms with Crippen LogP contribution in [0.5, 0.6) is 0 Å². The van der Waals surface area contributed by atoms with Crippen molar-refractivity contribution in [2.24, 2.45) is 10.8 Å². The molecule has 0 atom stereocenters. The number of hydrogen-bond acceptors (Lipinski definition) is 10. The Kier molecular flexibility index (Phi) is 21.0. The number of piperidine rings is 2. The maximum Gasteiger partial charge on any atom is 0.490 e. The summed E-state index contributed by atoms with van der Waals surface area (Å²) in [6.45, 7) is 13.1. The van der Waals surface area contributed by atoms with Crippen molar-refractivity contribution in [2.45, 2.75) is 154 Å². The van der Waals surface area contributed by atoms with E-state index in [4.69, 9.17) is 14.6 Å². The van der Waals surface area contributed by atoms with Gasteiger partial charge in [-0.2, -0.15) is 65.9 Å². The molecule has 6 heterocycles. The van der Waals surface area contributed by atoms with Crippen molar-refractivity contribution in [2.75, 3.05) is 65.4 Å². The van der Waals surface area contributed by atoms with Gasteiger partial charge in [-0.15, -0.1) is 0 Å². The molecular weight excluding hydrogens is 1120 g/mol. The first-order valence-corrected chi connectivity index (χ1v) is 25.7. The van der Waals surface area contributed by atoms with Crippen LogP contribution in [0, 0.1) is 10.8 Å². The maximum atomic E-state index is 12.8. The first kappa shape index (κ1) is 66.4. The van der Waals surface area contributed by atoms with Gasteiger partial charge >= 0.3 is 55.1 Å². The molecule has 0 saturated carbocycles. The molecule has 0 radical (unpaired) electrons. The van der Waals surface area contributed by atoms with Crippen LogP contribution < -0.4 is 5.32 Å². The van der Waals surface area contributed by atoms with Gasteiger partial charge in [-0.25, -0.2) is 19.2 Å². The van der Waals surface area contributed by atoms with Gasteiger partial charge in [0.25, 0.3) is 12.2 Å². The van der Waals surface area contributed by atoms with Gasteiger partial charge in [-0.1, -0.05) is 43.8 Å². The SMILES string of the molecule is C.CC(C)(C)OC(=O)N1CCc2cccc(CN3CCC4(CCN(C(=O)OC(C(F)(F)F)C(F)(F)F)CC4)C3)c2C1.O=C(O)C(F)(F)F.O=C(OC(C(F)(F)F)C(F)(F)F)N1CCC2(CCN(Cc3cccc4c3CNCC4)C2)CC1. The lowest BCUT2D eigenvalue weighted by atomic mass is 9.78. The molecule has 4 saturated heterocycles. The highest BCUT2D eigenvalue weighted by atomic mass is 19.4. The average molecular weight is 1190 g/mol. The number of halogens is 15. The van der Waals surface area contributed by atoms with E-state index < -0.39 is 66.8 Å². The summed E-state index contributed by atoms with van der Waals surface area (Å²) in [4.78, 5) is 54.0. The minimum Gasteiger partial charge on any atom is -0.475 e. The maximum absolute atomic E-state index is 12.8. The third-order valence-electron chi connectivity index (χ3n) is 15.1. The van der Waals surface area contributed by atoms with Gasteiger partial charge < -0.3 is 39.3 Å². The Morgan fingerprint density at radius 1 is 0.556 bits per heavy atom. The molecule has 3 amide bonds. The second kappa shape index (κ2) is 25.6. The quantitative estimate of drug-likeness (QED) is 0.211. The van der Waals surface area contributed by atoms with Crippen LogP contribution in [0.3, 0.4) is 0 Å². The number of amides is 3. The fourth-order valence-electron chi connectivity index (χ4n) is 11.0. The van der Waals surface area contributed by atoms with E-state index in [1.807, 2.05) is 32.9 Å². The van der Waals surface area contributed by atoms with Crippen LogP contribution in [0.15, 0.2) is 36.4 Å². The Labute approximate surface area is 458 Å². The predicted molar refractivity (Wildman–Crippen MR) is 260 cm³/mol. The molecule has 8 rings (SSSR count). The third kappa shape index (κ3) is 18.0. The van der Waals surface area contributed by atoms with Crippen molar-refractivity contribution in [3.8, 4) is 0 Å². The highest BCUT2D eigenvalue weighted by molar-refractivity contribution is 5.73. The zero-order valence-corrected chi connectivity index (χ0v) is 43.9. The van der Waals surface area contributed by atoms with E-state index >= 15 is 0 Å². The Hall–Kier alpha value is -5.45. The molecule has 4 fully saturated rings. The van der Waals surface area contributed by atoms with Crippen molar-refractivity contribution in [1.82, 2.24) is 29.8 Å². The minimum atomic E-state index is -5.74. The number of likely N-dealkylation sites (tertiary alicyclic amines) is 4. The first-order chi connectivity index (χ1) is 36.9. The van der Waals surface area contributed by atoms with Gasteiger partial charge in [0.2, 0.25) is 0 Å². The van der Waals surface area contributed by atoms with E-state index in [1.54, 1.807) is 4.90 Å². The number of carboxylic acid groups (broad SMARTS) is 1. The van der Waals surface area contributed by atoms with Crippen molar-refractivity contribution < 1.29 is 104 Å². The van der Waals surface area contributed by atoms with Crippen LogP contribution in [0.25, 0.3) is 0 Å². The summed E-state index contributed by atoms with van der Waals surface area (Å²) in [6, 6.07) is 12.5. The van der Waals surface area contributed by atoms with Crippen LogP contribution in [-0.2, 0) is 58.0 Å². The number of ether oxygens (including phenoxy) is 3. The molecule has 14 nitrogen and oxygen atoms in total. The number of carbonyl (C=O) groups excluding carboxylic acids is 3. The molecule has 6 aliphatic heterocycles. The highest BCUT2D eigenvalue weighted by Gasteiger charge is 2.61. The molecule has 0 aromatic heterocycles. The predicted octanol–water partition coefficient (Wildman–Crippen LogP) is 11.4. The monoisotopic (exact) mass is 1190 g/mol. The lowest BCUT2D eigenvalue weighted by Gasteiger charge is -2.39. The molecule has 458 valence electrons. The first-order valence-electron chi connectivity index (χ1n) is 25.7. The third-order valence-corrected chi connectivity index (χ3v) is 15.1. The fraction of sp³-hybridized carbons (Fsp3) is 0.692. The van der Waals surface area contributed by atoms with Crippen molar-refractivity contribution in [1.29, 1.82) is 0 Å². The number of nitrogens with one attached hydrogen (secondary N) is 1. The number of carbonyl (C=O) groups is 4. The van der Waals surface area contributed by atoms with Crippen molar-refractivity contribution in [3.63, 3.8) is 0 Å². The zero-order chi connectivity index (χ0) is 59.4.